The number of nitro benzene ring substituents is 1. The first kappa shape index (κ1) is 32.2. The summed E-state index contributed by atoms with van der Waals surface area (Å²) in [4.78, 5) is 39.9. The minimum atomic E-state index is -4.19. The highest BCUT2D eigenvalue weighted by molar-refractivity contribution is 7.89. The van der Waals surface area contributed by atoms with Gasteiger partial charge in [0.05, 0.1) is 22.2 Å². The number of aliphatic carboxylic acids is 1. The molecule has 5 rings (SSSR count). The summed E-state index contributed by atoms with van der Waals surface area (Å²) in [7, 11) is -4.19. The van der Waals surface area contributed by atoms with Gasteiger partial charge in [-0.15, -0.1) is 0 Å². The van der Waals surface area contributed by atoms with Crippen molar-refractivity contribution in [2.45, 2.75) is 36.7 Å². The normalized spacial score (nSPS) is 15.8. The second-order valence-corrected chi connectivity index (χ2v) is 11.5. The third kappa shape index (κ3) is 7.07. The van der Waals surface area contributed by atoms with Gasteiger partial charge in [0.1, 0.15) is 23.7 Å². The number of rotatable bonds is 8. The average molecular weight is 631 g/mol. The van der Waals surface area contributed by atoms with Crippen molar-refractivity contribution < 1.29 is 32.0 Å². The van der Waals surface area contributed by atoms with Crippen molar-refractivity contribution in [3.05, 3.63) is 88.5 Å². The van der Waals surface area contributed by atoms with E-state index in [0.29, 0.717) is 23.5 Å². The van der Waals surface area contributed by atoms with Crippen molar-refractivity contribution in [1.29, 1.82) is 0 Å². The minimum absolute atomic E-state index is 0.0622. The van der Waals surface area contributed by atoms with Crippen LogP contribution in [0.5, 0.6) is 0 Å². The number of nitrogens with zero attached hydrogens (tertiary/aromatic N) is 7. The molecule has 1 saturated heterocycles. The molecule has 4 aromatic rings. The van der Waals surface area contributed by atoms with Crippen LogP contribution in [0.2, 0.25) is 0 Å². The lowest BCUT2D eigenvalue weighted by molar-refractivity contribution is -0.384. The molecule has 0 radical (unpaired) electrons. The molecular weight excluding hydrogens is 602 g/mol. The van der Waals surface area contributed by atoms with E-state index in [2.05, 4.69) is 19.9 Å². The fourth-order valence-electron chi connectivity index (χ4n) is 4.34. The molecule has 2 aromatic carbocycles. The summed E-state index contributed by atoms with van der Waals surface area (Å²) in [5, 5.41) is 20.5. The first-order chi connectivity index (χ1) is 20.9. The van der Waals surface area contributed by atoms with E-state index in [1.54, 1.807) is 17.0 Å². The van der Waals surface area contributed by atoms with Crippen LogP contribution in [0.1, 0.15) is 24.5 Å². The molecule has 0 amide bonds. The summed E-state index contributed by atoms with van der Waals surface area (Å²) in [5.41, 5.74) is 6.83. The van der Waals surface area contributed by atoms with Crippen LogP contribution in [-0.2, 0) is 27.3 Å². The Bertz CT molecular complexity index is 1740. The fraction of sp³-hybridized carbons (Fsp3) is 0.296. The molecular formula is C27H28F2N8O6S. The number of nitro groups is 1. The maximum atomic E-state index is 13.1. The Morgan fingerprint density at radius 3 is 2.39 bits per heavy atom. The second-order valence-electron chi connectivity index (χ2n) is 9.59. The summed E-state index contributed by atoms with van der Waals surface area (Å²) in [6.07, 6.45) is 4.09. The molecule has 1 aliphatic heterocycles. The lowest BCUT2D eigenvalue weighted by atomic mass is 10.0. The number of piperazine rings is 1. The predicted molar refractivity (Wildman–Crippen MR) is 154 cm³/mol. The zero-order valence-corrected chi connectivity index (χ0v) is 24.1. The number of benzene rings is 2. The van der Waals surface area contributed by atoms with E-state index in [0.717, 1.165) is 34.1 Å². The molecule has 3 heterocycles. The summed E-state index contributed by atoms with van der Waals surface area (Å²) in [6.45, 7) is 1.74. The van der Waals surface area contributed by atoms with Crippen LogP contribution < -0.4 is 10.6 Å². The van der Waals surface area contributed by atoms with Gasteiger partial charge in [-0.25, -0.2) is 37.1 Å². The highest BCUT2D eigenvalue weighted by atomic mass is 32.2. The molecule has 1 atom stereocenters. The quantitative estimate of drug-likeness (QED) is 0.213. The monoisotopic (exact) mass is 630 g/mol. The van der Waals surface area contributed by atoms with Gasteiger partial charge in [0.25, 0.3) is 11.6 Å². The van der Waals surface area contributed by atoms with Gasteiger partial charge >= 0.3 is 5.97 Å². The van der Waals surface area contributed by atoms with Crippen LogP contribution in [0.4, 0.5) is 20.3 Å². The maximum Gasteiger partial charge on any atom is 0.323 e. The number of anilines is 1. The Morgan fingerprint density at radius 1 is 1.11 bits per heavy atom. The number of alkyl halides is 2. The molecule has 44 heavy (non-hydrogen) atoms. The smallest absolute Gasteiger partial charge is 0.323 e. The van der Waals surface area contributed by atoms with E-state index in [1.807, 2.05) is 0 Å². The van der Waals surface area contributed by atoms with Gasteiger partial charge < -0.3 is 15.7 Å². The Morgan fingerprint density at radius 2 is 1.80 bits per heavy atom. The molecule has 17 heteroatoms. The fourth-order valence-corrected chi connectivity index (χ4v) is 5.90. The zero-order valence-electron chi connectivity index (χ0n) is 23.3. The maximum absolute atomic E-state index is 13.1. The van der Waals surface area contributed by atoms with E-state index in [4.69, 9.17) is 5.73 Å². The van der Waals surface area contributed by atoms with Crippen molar-refractivity contribution in [2.24, 2.45) is 5.73 Å². The van der Waals surface area contributed by atoms with Gasteiger partial charge in [0, 0.05) is 50.3 Å². The topological polar surface area (TPSA) is 199 Å². The highest BCUT2D eigenvalue weighted by Gasteiger charge is 2.41. The van der Waals surface area contributed by atoms with E-state index < -0.39 is 32.9 Å². The number of carboxylic acids is 1. The van der Waals surface area contributed by atoms with Crippen molar-refractivity contribution in [3.63, 3.8) is 0 Å². The van der Waals surface area contributed by atoms with Gasteiger partial charge in [-0.05, 0) is 17.7 Å². The van der Waals surface area contributed by atoms with Crippen LogP contribution in [0.3, 0.4) is 0 Å². The molecule has 2 aromatic heterocycles. The second kappa shape index (κ2) is 13.3. The number of carbonyl (C=O) groups is 1. The van der Waals surface area contributed by atoms with E-state index in [-0.39, 0.29) is 42.2 Å². The molecule has 1 aliphatic rings. The lowest BCUT2D eigenvalue weighted by Crippen LogP contribution is -2.58. The highest BCUT2D eigenvalue weighted by Crippen LogP contribution is 2.31. The summed E-state index contributed by atoms with van der Waals surface area (Å²) < 4.78 is 53.1. The summed E-state index contributed by atoms with van der Waals surface area (Å²) in [6, 6.07) is 9.06. The van der Waals surface area contributed by atoms with E-state index in [1.165, 1.54) is 37.8 Å². The number of fused-ring (bicyclic) bond motifs is 1. The molecule has 0 bridgehead atoms. The summed E-state index contributed by atoms with van der Waals surface area (Å²) >= 11 is 0. The number of aromatic nitrogens is 4. The number of halogens is 2. The van der Waals surface area contributed by atoms with Crippen LogP contribution in [0, 0.1) is 10.1 Å². The molecule has 3 N–H and O–H groups in total. The number of carboxylic acid groups (broad SMARTS) is 1. The van der Waals surface area contributed by atoms with E-state index >= 15 is 0 Å². The number of sulfonamides is 1. The molecule has 1 fully saturated rings. The molecule has 14 nitrogen and oxygen atoms in total. The van der Waals surface area contributed by atoms with Gasteiger partial charge in [-0.3, -0.25) is 14.9 Å². The SMILES string of the molecule is CCC(F)(F)c1ccc(CN)cc1.O=C(O)[C@H]1CN(c2cnc3cncnc3n2)CCN1S(=O)(=O)c1ccc([N+](=O)[O-])cc1. The third-order valence-corrected chi connectivity index (χ3v) is 8.79. The van der Waals surface area contributed by atoms with E-state index in [9.17, 15) is 37.2 Å². The Kier molecular flexibility index (Phi) is 9.71. The zero-order chi connectivity index (χ0) is 32.1. The average Bonchev–Trinajstić information content (AvgIpc) is 3.04. The van der Waals surface area contributed by atoms with Crippen LogP contribution in [0.15, 0.2) is 72.1 Å². The number of nitrogens with two attached hydrogens (primary N) is 1. The van der Waals surface area contributed by atoms with Gasteiger partial charge in [-0.2, -0.15) is 4.31 Å². The lowest BCUT2D eigenvalue weighted by Gasteiger charge is -2.38. The van der Waals surface area contributed by atoms with Gasteiger partial charge in [-0.1, -0.05) is 31.2 Å². The number of hydrogen-bond acceptors (Lipinski definition) is 11. The standard InChI is InChI=1S/C17H15N7O6S.C10H13F2N/c25-17(26)14-9-22(15-8-19-13-7-18-10-20-16(13)21-15)5-6-23(14)31(29,30)12-3-1-11(2-4-12)24(27)28;1-2-10(11,12)9-5-3-8(7-13)4-6-9/h1-4,7-8,10,14H,5-6,9H2,(H,25,26);3-6H,2,7,13H2,1H3/t14-;/m1./s1. The predicted octanol–water partition coefficient (Wildman–Crippen LogP) is 2.94. The Hall–Kier alpha value is -4.74. The minimum Gasteiger partial charge on any atom is -0.480 e. The number of hydrogen-bond donors (Lipinski definition) is 2. The molecule has 0 saturated carbocycles. The van der Waals surface area contributed by atoms with Crippen LogP contribution >= 0.6 is 0 Å². The largest absolute Gasteiger partial charge is 0.480 e. The van der Waals surface area contributed by atoms with Gasteiger partial charge in [0.15, 0.2) is 5.65 Å². The third-order valence-electron chi connectivity index (χ3n) is 6.86. The number of non-ortho nitro benzene ring substituents is 1. The van der Waals surface area contributed by atoms with Crippen molar-refractivity contribution in [1.82, 2.24) is 24.2 Å². The van der Waals surface area contributed by atoms with Crippen LogP contribution in [-0.4, -0.2) is 74.3 Å². The summed E-state index contributed by atoms with van der Waals surface area (Å²) in [5.74, 6) is -3.68. The molecule has 0 spiro atoms. The van der Waals surface area contributed by atoms with Crippen molar-refractivity contribution in [2.75, 3.05) is 24.5 Å². The Labute approximate surface area is 250 Å². The molecule has 0 unspecified atom stereocenters. The Balaban J connectivity index is 0.000000285. The molecule has 0 aliphatic carbocycles. The van der Waals surface area contributed by atoms with Crippen molar-refractivity contribution >= 4 is 38.7 Å². The molecule has 232 valence electrons. The first-order valence-corrected chi connectivity index (χ1v) is 14.7. The van der Waals surface area contributed by atoms with Crippen molar-refractivity contribution in [3.8, 4) is 0 Å². The first-order valence-electron chi connectivity index (χ1n) is 13.2. The van der Waals surface area contributed by atoms with Crippen LogP contribution in [0.25, 0.3) is 11.2 Å². The van der Waals surface area contributed by atoms with Gasteiger partial charge in [0.2, 0.25) is 10.0 Å².